The van der Waals surface area contributed by atoms with Gasteiger partial charge in [-0.2, -0.15) is 18.3 Å². The van der Waals surface area contributed by atoms with E-state index in [0.717, 1.165) is 23.5 Å². The number of carbonyl (C=O) groups is 1. The number of rotatable bonds is 2. The molecule has 1 amide bonds. The predicted molar refractivity (Wildman–Crippen MR) is 123 cm³/mol. The number of aromatic nitrogens is 3. The quantitative estimate of drug-likeness (QED) is 0.511. The van der Waals surface area contributed by atoms with Gasteiger partial charge < -0.3 is 9.64 Å². The summed E-state index contributed by atoms with van der Waals surface area (Å²) in [5.41, 5.74) is 2.81. The van der Waals surface area contributed by atoms with E-state index < -0.39 is 17.7 Å². The number of likely N-dealkylation sites (tertiary alicyclic amines) is 1. The van der Waals surface area contributed by atoms with Crippen molar-refractivity contribution in [3.63, 3.8) is 0 Å². The van der Waals surface area contributed by atoms with Gasteiger partial charge in [0.15, 0.2) is 5.65 Å². The number of fused-ring (bicyclic) bond motifs is 1. The van der Waals surface area contributed by atoms with Gasteiger partial charge in [-0.25, -0.2) is 14.3 Å². The maximum Gasteiger partial charge on any atom is 0.410 e. The first-order valence-corrected chi connectivity index (χ1v) is 12.2. The lowest BCUT2D eigenvalue weighted by Gasteiger charge is -2.38. The van der Waals surface area contributed by atoms with Crippen molar-refractivity contribution in [2.45, 2.75) is 90.3 Å². The highest BCUT2D eigenvalue weighted by atomic mass is 19.4. The average molecular weight is 481 g/mol. The van der Waals surface area contributed by atoms with Crippen molar-refractivity contribution in [1.29, 1.82) is 0 Å². The van der Waals surface area contributed by atoms with Crippen LogP contribution in [0.5, 0.6) is 0 Å². The second-order valence-electron chi connectivity index (χ2n) is 11.1. The highest BCUT2D eigenvalue weighted by molar-refractivity contribution is 5.68. The van der Waals surface area contributed by atoms with Gasteiger partial charge in [0.1, 0.15) is 5.60 Å². The topological polar surface area (TPSA) is 59.7 Å². The second-order valence-corrected chi connectivity index (χ2v) is 11.1. The number of alkyl halides is 3. The van der Waals surface area contributed by atoms with Crippen LogP contribution in [0.15, 0.2) is 12.1 Å². The molecule has 2 fully saturated rings. The number of hydrogen-bond donors (Lipinski definition) is 0. The van der Waals surface area contributed by atoms with Crippen molar-refractivity contribution in [3.8, 4) is 0 Å². The number of piperidine rings is 1. The predicted octanol–water partition coefficient (Wildman–Crippen LogP) is 6.23. The summed E-state index contributed by atoms with van der Waals surface area (Å²) in [4.78, 5) is 19.1. The van der Waals surface area contributed by atoms with E-state index in [2.05, 4.69) is 11.9 Å². The Morgan fingerprint density at radius 1 is 1.09 bits per heavy atom. The number of ether oxygens (including phenoxy) is 1. The third kappa shape index (κ3) is 5.33. The molecule has 4 rings (SSSR count). The molecule has 0 radical (unpaired) electrons. The van der Waals surface area contributed by atoms with Gasteiger partial charge in [0, 0.05) is 36.7 Å². The van der Waals surface area contributed by atoms with Crippen molar-refractivity contribution in [3.05, 3.63) is 29.2 Å². The minimum absolute atomic E-state index is 0.00972. The number of amides is 1. The van der Waals surface area contributed by atoms with Gasteiger partial charge in [0.2, 0.25) is 0 Å². The van der Waals surface area contributed by atoms with E-state index in [1.54, 1.807) is 4.90 Å². The molecule has 2 aromatic rings. The summed E-state index contributed by atoms with van der Waals surface area (Å²) in [6.07, 6.45) is -2.33. The summed E-state index contributed by atoms with van der Waals surface area (Å²) in [6.45, 7) is 10.9. The van der Waals surface area contributed by atoms with E-state index >= 15 is 0 Å². The van der Waals surface area contributed by atoms with Crippen LogP contribution in [0, 0.1) is 18.8 Å². The molecule has 0 spiro atoms. The first-order chi connectivity index (χ1) is 15.8. The van der Waals surface area contributed by atoms with Crippen molar-refractivity contribution in [2.75, 3.05) is 13.1 Å². The first kappa shape index (κ1) is 24.8. The molecular weight excluding hydrogens is 445 g/mol. The van der Waals surface area contributed by atoms with Crippen LogP contribution in [-0.4, -0.2) is 50.5 Å². The van der Waals surface area contributed by atoms with Gasteiger partial charge >= 0.3 is 12.3 Å². The molecule has 2 atom stereocenters. The van der Waals surface area contributed by atoms with Crippen LogP contribution in [0.2, 0.25) is 0 Å². The molecule has 0 bridgehead atoms. The van der Waals surface area contributed by atoms with Gasteiger partial charge in [-0.1, -0.05) is 6.92 Å². The molecule has 6 nitrogen and oxygen atoms in total. The Balaban J connectivity index is 1.59. The van der Waals surface area contributed by atoms with E-state index in [9.17, 15) is 18.0 Å². The highest BCUT2D eigenvalue weighted by Crippen LogP contribution is 2.43. The molecule has 1 aliphatic heterocycles. The lowest BCUT2D eigenvalue weighted by atomic mass is 9.80. The summed E-state index contributed by atoms with van der Waals surface area (Å²) in [5, 5.41) is 4.84. The smallest absolute Gasteiger partial charge is 0.410 e. The summed E-state index contributed by atoms with van der Waals surface area (Å²) >= 11 is 0. The van der Waals surface area contributed by atoms with Gasteiger partial charge in [0.25, 0.3) is 0 Å². The third-order valence-corrected chi connectivity index (χ3v) is 7.20. The van der Waals surface area contributed by atoms with Gasteiger partial charge in [-0.15, -0.1) is 0 Å². The van der Waals surface area contributed by atoms with Crippen LogP contribution < -0.4 is 0 Å². The van der Waals surface area contributed by atoms with Crippen LogP contribution in [-0.2, 0) is 4.74 Å². The standard InChI is InChI=1S/C25H35F3N4O2/c1-15-10-11-31(23(33)34-24(3,4)5)14-19(15)21-12-16(2)29-22-13-20(30-32(21)22)17-6-8-18(9-7-17)25(26,27)28/h12-13,15,17-19H,6-11,14H2,1-5H3/t15-,17?,18?,19-/m0/s1. The maximum atomic E-state index is 13.1. The largest absolute Gasteiger partial charge is 0.444 e. The molecule has 2 aliphatic rings. The van der Waals surface area contributed by atoms with E-state index in [1.165, 1.54) is 0 Å². The Morgan fingerprint density at radius 3 is 2.38 bits per heavy atom. The maximum absolute atomic E-state index is 13.1. The number of nitrogens with zero attached hydrogens (tertiary/aromatic N) is 4. The third-order valence-electron chi connectivity index (χ3n) is 7.20. The van der Waals surface area contributed by atoms with Crippen LogP contribution in [0.4, 0.5) is 18.0 Å². The molecule has 9 heteroatoms. The van der Waals surface area contributed by atoms with Crippen molar-refractivity contribution in [2.24, 2.45) is 11.8 Å². The van der Waals surface area contributed by atoms with Gasteiger partial charge in [-0.3, -0.25) is 0 Å². The Labute approximate surface area is 198 Å². The fourth-order valence-corrected chi connectivity index (χ4v) is 5.27. The number of aryl methyl sites for hydroxylation is 1. The molecule has 3 heterocycles. The molecular formula is C25H35F3N4O2. The Kier molecular flexibility index (Phi) is 6.59. The minimum atomic E-state index is -4.12. The number of carbonyl (C=O) groups excluding carboxylic acids is 1. The molecule has 34 heavy (non-hydrogen) atoms. The van der Waals surface area contributed by atoms with Gasteiger partial charge in [0.05, 0.1) is 17.3 Å². The highest BCUT2D eigenvalue weighted by Gasteiger charge is 2.42. The fourth-order valence-electron chi connectivity index (χ4n) is 5.27. The molecule has 1 aliphatic carbocycles. The molecule has 0 N–H and O–H groups in total. The van der Waals surface area contributed by atoms with E-state index in [-0.39, 0.29) is 30.8 Å². The van der Waals surface area contributed by atoms with Gasteiger partial charge in [-0.05, 0) is 71.8 Å². The molecule has 0 unspecified atom stereocenters. The van der Waals surface area contributed by atoms with Crippen LogP contribution in [0.1, 0.15) is 88.7 Å². The Morgan fingerprint density at radius 2 is 1.76 bits per heavy atom. The summed E-state index contributed by atoms with van der Waals surface area (Å²) in [7, 11) is 0. The van der Waals surface area contributed by atoms with E-state index in [1.807, 2.05) is 44.3 Å². The summed E-state index contributed by atoms with van der Waals surface area (Å²) in [6, 6.07) is 3.94. The van der Waals surface area contributed by atoms with Crippen molar-refractivity contribution < 1.29 is 22.7 Å². The second kappa shape index (κ2) is 9.04. The van der Waals surface area contributed by atoms with Crippen LogP contribution in [0.25, 0.3) is 5.65 Å². The Bertz CT molecular complexity index is 1040. The number of hydrogen-bond acceptors (Lipinski definition) is 4. The minimum Gasteiger partial charge on any atom is -0.444 e. The zero-order valence-corrected chi connectivity index (χ0v) is 20.7. The zero-order chi connectivity index (χ0) is 24.8. The monoisotopic (exact) mass is 480 g/mol. The lowest BCUT2D eigenvalue weighted by Crippen LogP contribution is -2.45. The molecule has 0 aromatic carbocycles. The average Bonchev–Trinajstić information content (AvgIpc) is 3.15. The van der Waals surface area contributed by atoms with E-state index in [4.69, 9.17) is 9.84 Å². The molecule has 1 saturated carbocycles. The summed E-state index contributed by atoms with van der Waals surface area (Å²) in [5.74, 6) is -0.813. The molecule has 1 saturated heterocycles. The summed E-state index contributed by atoms with van der Waals surface area (Å²) < 4.78 is 46.7. The van der Waals surface area contributed by atoms with Crippen LogP contribution in [0.3, 0.4) is 0 Å². The number of halogens is 3. The molecule has 2 aromatic heterocycles. The zero-order valence-electron chi connectivity index (χ0n) is 20.7. The molecule has 188 valence electrons. The normalized spacial score (nSPS) is 26.6. The lowest BCUT2D eigenvalue weighted by molar-refractivity contribution is -0.182. The SMILES string of the molecule is Cc1cc([C@H]2CN(C(=O)OC(C)(C)C)CC[C@@H]2C)n2nc(C3CCC(C(F)(F)F)CC3)cc2n1. The first-order valence-electron chi connectivity index (χ1n) is 12.2. The fraction of sp³-hybridized carbons (Fsp3) is 0.720. The van der Waals surface area contributed by atoms with Crippen molar-refractivity contribution in [1.82, 2.24) is 19.5 Å². The van der Waals surface area contributed by atoms with Crippen molar-refractivity contribution >= 4 is 11.7 Å². The van der Waals surface area contributed by atoms with Crippen LogP contribution >= 0.6 is 0 Å². The Hall–Kier alpha value is -2.32. The van der Waals surface area contributed by atoms with E-state index in [0.29, 0.717) is 37.5 Å².